The molecule has 0 aliphatic heterocycles. The van der Waals surface area contributed by atoms with E-state index in [1.807, 2.05) is 0 Å². The first-order valence-electron chi connectivity index (χ1n) is 6.44. The van der Waals surface area contributed by atoms with Crippen LogP contribution >= 0.6 is 11.3 Å². The van der Waals surface area contributed by atoms with Gasteiger partial charge in [-0.2, -0.15) is 0 Å². The monoisotopic (exact) mass is 288 g/mol. The Labute approximate surface area is 119 Å². The molecule has 110 valence electrons. The first kappa shape index (κ1) is 16.4. The van der Waals surface area contributed by atoms with Gasteiger partial charge < -0.3 is 19.5 Å². The van der Waals surface area contributed by atoms with Crippen LogP contribution in [0, 0.1) is 5.92 Å². The lowest BCUT2D eigenvalue weighted by molar-refractivity contribution is 0.179. The van der Waals surface area contributed by atoms with Gasteiger partial charge >= 0.3 is 0 Å². The number of ether oxygens (including phenoxy) is 2. The smallest absolute Gasteiger partial charge is 0.186 e. The van der Waals surface area contributed by atoms with Crippen molar-refractivity contribution in [3.63, 3.8) is 0 Å². The molecule has 1 heterocycles. The SMILES string of the molecule is COCCN(CC(C)C)c1nc(COC)c(CO)s1. The van der Waals surface area contributed by atoms with E-state index in [0.717, 1.165) is 28.8 Å². The summed E-state index contributed by atoms with van der Waals surface area (Å²) in [7, 11) is 3.34. The summed E-state index contributed by atoms with van der Waals surface area (Å²) < 4.78 is 10.3. The van der Waals surface area contributed by atoms with Crippen molar-refractivity contribution in [1.29, 1.82) is 0 Å². The van der Waals surface area contributed by atoms with Gasteiger partial charge in [-0.1, -0.05) is 25.2 Å². The van der Waals surface area contributed by atoms with E-state index in [0.29, 0.717) is 19.1 Å². The maximum atomic E-state index is 9.37. The number of nitrogens with zero attached hydrogens (tertiary/aromatic N) is 2. The van der Waals surface area contributed by atoms with E-state index < -0.39 is 0 Å². The fourth-order valence-corrected chi connectivity index (χ4v) is 2.74. The molecule has 0 amide bonds. The highest BCUT2D eigenvalue weighted by Gasteiger charge is 2.16. The summed E-state index contributed by atoms with van der Waals surface area (Å²) in [6.07, 6.45) is 0. The first-order valence-corrected chi connectivity index (χ1v) is 7.26. The van der Waals surface area contributed by atoms with Gasteiger partial charge in [0.25, 0.3) is 0 Å². The van der Waals surface area contributed by atoms with E-state index in [9.17, 15) is 5.11 Å². The second kappa shape index (κ2) is 8.47. The van der Waals surface area contributed by atoms with E-state index >= 15 is 0 Å². The average Bonchev–Trinajstić information content (AvgIpc) is 2.77. The van der Waals surface area contributed by atoms with E-state index in [1.165, 1.54) is 11.3 Å². The Kier molecular flexibility index (Phi) is 7.30. The molecule has 0 aromatic carbocycles. The van der Waals surface area contributed by atoms with Crippen molar-refractivity contribution >= 4 is 16.5 Å². The first-order chi connectivity index (χ1) is 9.12. The molecule has 1 aromatic heterocycles. The third kappa shape index (κ3) is 5.06. The Morgan fingerprint density at radius 3 is 2.58 bits per heavy atom. The van der Waals surface area contributed by atoms with Gasteiger partial charge in [0.1, 0.15) is 0 Å². The molecule has 5 nitrogen and oxygen atoms in total. The molecule has 0 radical (unpaired) electrons. The number of aliphatic hydroxyl groups is 1. The molecule has 0 fully saturated rings. The predicted octanol–water partition coefficient (Wildman–Crippen LogP) is 1.89. The Morgan fingerprint density at radius 1 is 1.32 bits per heavy atom. The highest BCUT2D eigenvalue weighted by atomic mass is 32.1. The summed E-state index contributed by atoms with van der Waals surface area (Å²) in [5.41, 5.74) is 0.830. The number of anilines is 1. The predicted molar refractivity (Wildman–Crippen MR) is 77.7 cm³/mol. The second-order valence-corrected chi connectivity index (χ2v) is 5.85. The van der Waals surface area contributed by atoms with E-state index in [4.69, 9.17) is 9.47 Å². The summed E-state index contributed by atoms with van der Waals surface area (Å²) in [5.74, 6) is 0.546. The molecule has 0 saturated heterocycles. The van der Waals surface area contributed by atoms with Gasteiger partial charge in [-0.3, -0.25) is 0 Å². The fraction of sp³-hybridized carbons (Fsp3) is 0.769. The third-order valence-electron chi connectivity index (χ3n) is 2.61. The molecule has 0 atom stereocenters. The summed E-state index contributed by atoms with van der Waals surface area (Å²) >= 11 is 1.53. The van der Waals surface area contributed by atoms with Gasteiger partial charge in [0, 0.05) is 27.3 Å². The fourth-order valence-electron chi connectivity index (χ4n) is 1.79. The Morgan fingerprint density at radius 2 is 2.05 bits per heavy atom. The van der Waals surface area contributed by atoms with Gasteiger partial charge in [0.15, 0.2) is 5.13 Å². The molecule has 0 aliphatic carbocycles. The zero-order chi connectivity index (χ0) is 14.3. The van der Waals surface area contributed by atoms with Crippen LogP contribution in [0.1, 0.15) is 24.4 Å². The summed E-state index contributed by atoms with van der Waals surface area (Å²) in [5, 5.41) is 10.3. The van der Waals surface area contributed by atoms with Crippen LogP contribution in [0.15, 0.2) is 0 Å². The number of aromatic nitrogens is 1. The molecule has 0 spiro atoms. The highest BCUT2D eigenvalue weighted by molar-refractivity contribution is 7.15. The zero-order valence-corrected chi connectivity index (χ0v) is 13.0. The third-order valence-corrected chi connectivity index (χ3v) is 3.76. The lowest BCUT2D eigenvalue weighted by Crippen LogP contribution is -2.30. The molecular weight excluding hydrogens is 264 g/mol. The second-order valence-electron chi connectivity index (χ2n) is 4.79. The van der Waals surface area contributed by atoms with Gasteiger partial charge in [-0.25, -0.2) is 4.98 Å². The normalized spacial score (nSPS) is 11.3. The molecule has 0 saturated carbocycles. The van der Waals surface area contributed by atoms with Crippen LogP contribution in [-0.4, -0.2) is 44.0 Å². The Bertz CT molecular complexity index is 369. The van der Waals surface area contributed by atoms with Crippen molar-refractivity contribution in [2.75, 3.05) is 38.8 Å². The summed E-state index contributed by atoms with van der Waals surface area (Å²) in [4.78, 5) is 7.66. The van der Waals surface area contributed by atoms with Gasteiger partial charge in [-0.15, -0.1) is 0 Å². The lowest BCUT2D eigenvalue weighted by atomic mass is 10.2. The van der Waals surface area contributed by atoms with Crippen molar-refractivity contribution in [3.05, 3.63) is 10.6 Å². The minimum absolute atomic E-state index is 0.0101. The number of methoxy groups -OCH3 is 2. The zero-order valence-electron chi connectivity index (χ0n) is 12.2. The van der Waals surface area contributed by atoms with Crippen LogP contribution in [0.5, 0.6) is 0 Å². The average molecular weight is 288 g/mol. The van der Waals surface area contributed by atoms with E-state index in [2.05, 4.69) is 23.7 Å². The van der Waals surface area contributed by atoms with Gasteiger partial charge in [0.2, 0.25) is 0 Å². The number of hydrogen-bond acceptors (Lipinski definition) is 6. The summed E-state index contributed by atoms with van der Waals surface area (Å²) in [6, 6.07) is 0. The maximum absolute atomic E-state index is 9.37. The molecule has 19 heavy (non-hydrogen) atoms. The number of thiazole rings is 1. The molecule has 6 heteroatoms. The number of hydrogen-bond donors (Lipinski definition) is 1. The standard InChI is InChI=1S/C13H24N2O3S/c1-10(2)7-15(5-6-17-3)13-14-11(9-18-4)12(8-16)19-13/h10,16H,5-9H2,1-4H3. The van der Waals surface area contributed by atoms with Crippen molar-refractivity contribution in [2.45, 2.75) is 27.1 Å². The van der Waals surface area contributed by atoms with Crippen LogP contribution in [0.2, 0.25) is 0 Å². The van der Waals surface area contributed by atoms with Gasteiger partial charge in [0.05, 0.1) is 30.4 Å². The van der Waals surface area contributed by atoms with Crippen molar-refractivity contribution in [3.8, 4) is 0 Å². The molecule has 1 aromatic rings. The highest BCUT2D eigenvalue weighted by Crippen LogP contribution is 2.27. The molecule has 0 aliphatic rings. The largest absolute Gasteiger partial charge is 0.391 e. The minimum atomic E-state index is 0.0101. The van der Waals surface area contributed by atoms with Crippen LogP contribution in [0.3, 0.4) is 0 Å². The quantitative estimate of drug-likeness (QED) is 0.752. The molecule has 0 unspecified atom stereocenters. The molecular formula is C13H24N2O3S. The molecule has 0 bridgehead atoms. The Hall–Kier alpha value is -0.690. The Balaban J connectivity index is 2.87. The lowest BCUT2D eigenvalue weighted by Gasteiger charge is -2.23. The van der Waals surface area contributed by atoms with E-state index in [1.54, 1.807) is 14.2 Å². The number of rotatable bonds is 9. The van der Waals surface area contributed by atoms with Gasteiger partial charge in [-0.05, 0) is 5.92 Å². The molecule has 1 N–H and O–H groups in total. The van der Waals surface area contributed by atoms with Crippen LogP contribution < -0.4 is 4.90 Å². The topological polar surface area (TPSA) is 54.8 Å². The number of aliphatic hydroxyl groups excluding tert-OH is 1. The maximum Gasteiger partial charge on any atom is 0.186 e. The summed E-state index contributed by atoms with van der Waals surface area (Å²) in [6.45, 7) is 7.20. The van der Waals surface area contributed by atoms with E-state index in [-0.39, 0.29) is 6.61 Å². The van der Waals surface area contributed by atoms with Crippen molar-refractivity contribution in [1.82, 2.24) is 4.98 Å². The van der Waals surface area contributed by atoms with Crippen molar-refractivity contribution in [2.24, 2.45) is 5.92 Å². The minimum Gasteiger partial charge on any atom is -0.391 e. The van der Waals surface area contributed by atoms with Crippen LogP contribution in [0.4, 0.5) is 5.13 Å². The molecule has 1 rings (SSSR count). The van der Waals surface area contributed by atoms with Crippen molar-refractivity contribution < 1.29 is 14.6 Å². The van der Waals surface area contributed by atoms with Crippen LogP contribution in [0.25, 0.3) is 0 Å². The van der Waals surface area contributed by atoms with Crippen LogP contribution in [-0.2, 0) is 22.7 Å².